The minimum absolute atomic E-state index is 0.114. The van der Waals surface area contributed by atoms with Gasteiger partial charge in [0.05, 0.1) is 12.0 Å². The summed E-state index contributed by atoms with van der Waals surface area (Å²) in [5, 5.41) is 13.8. The smallest absolute Gasteiger partial charge is 0.345 e. The zero-order valence-corrected chi connectivity index (χ0v) is 15.4. The van der Waals surface area contributed by atoms with E-state index >= 15 is 0 Å². The van der Waals surface area contributed by atoms with Gasteiger partial charge in [-0.05, 0) is 36.8 Å². The van der Waals surface area contributed by atoms with E-state index in [0.29, 0.717) is 5.75 Å². The first-order valence-electron chi connectivity index (χ1n) is 7.87. The van der Waals surface area contributed by atoms with Crippen LogP contribution in [-0.2, 0) is 16.1 Å². The first-order chi connectivity index (χ1) is 12.8. The summed E-state index contributed by atoms with van der Waals surface area (Å²) in [5.74, 6) is -0.821. The van der Waals surface area contributed by atoms with Crippen molar-refractivity contribution in [2.24, 2.45) is 0 Å². The Kier molecular flexibility index (Phi) is 6.73. The summed E-state index contributed by atoms with van der Waals surface area (Å²) in [6, 6.07) is 10.6. The maximum Gasteiger partial charge on any atom is 0.345 e. The molecule has 0 saturated carbocycles. The number of esters is 1. The second-order valence-electron chi connectivity index (χ2n) is 5.53. The average molecular weight is 393 g/mol. The Balaban J connectivity index is 1.97. The van der Waals surface area contributed by atoms with E-state index in [1.807, 2.05) is 0 Å². The second kappa shape index (κ2) is 9.00. The van der Waals surface area contributed by atoms with Gasteiger partial charge in [-0.3, -0.25) is 14.9 Å². The SMILES string of the molecule is COc1ccc(CNC(=O)C(C)OC(=O)c2ccc(Cl)cc2[N+](=O)[O-])cc1. The van der Waals surface area contributed by atoms with Gasteiger partial charge in [0.15, 0.2) is 6.10 Å². The van der Waals surface area contributed by atoms with Gasteiger partial charge in [0.25, 0.3) is 11.6 Å². The highest BCUT2D eigenvalue weighted by molar-refractivity contribution is 6.31. The van der Waals surface area contributed by atoms with Crippen molar-refractivity contribution in [3.63, 3.8) is 0 Å². The average Bonchev–Trinajstić information content (AvgIpc) is 2.66. The van der Waals surface area contributed by atoms with Crippen molar-refractivity contribution in [1.29, 1.82) is 0 Å². The highest BCUT2D eigenvalue weighted by Crippen LogP contribution is 2.24. The molecule has 0 heterocycles. The first-order valence-corrected chi connectivity index (χ1v) is 8.25. The molecule has 27 heavy (non-hydrogen) atoms. The zero-order chi connectivity index (χ0) is 20.0. The standard InChI is InChI=1S/C18H17ClN2O6/c1-11(17(22)20-10-12-3-6-14(26-2)7-4-12)27-18(23)15-8-5-13(19)9-16(15)21(24)25/h3-9,11H,10H2,1-2H3,(H,20,22). The Labute approximate surface area is 160 Å². The van der Waals surface area contributed by atoms with Gasteiger partial charge in [0.1, 0.15) is 11.3 Å². The highest BCUT2D eigenvalue weighted by Gasteiger charge is 2.25. The van der Waals surface area contributed by atoms with Crippen molar-refractivity contribution in [1.82, 2.24) is 5.32 Å². The van der Waals surface area contributed by atoms with Crippen molar-refractivity contribution in [2.75, 3.05) is 7.11 Å². The van der Waals surface area contributed by atoms with Gasteiger partial charge in [-0.1, -0.05) is 23.7 Å². The molecule has 8 nitrogen and oxygen atoms in total. The van der Waals surface area contributed by atoms with Gasteiger partial charge >= 0.3 is 5.97 Å². The van der Waals surface area contributed by atoms with Gasteiger partial charge < -0.3 is 14.8 Å². The Bertz CT molecular complexity index is 853. The van der Waals surface area contributed by atoms with Gasteiger partial charge in [0.2, 0.25) is 0 Å². The maximum atomic E-state index is 12.2. The third-order valence-corrected chi connectivity index (χ3v) is 3.89. The van der Waals surface area contributed by atoms with E-state index in [1.54, 1.807) is 31.4 Å². The van der Waals surface area contributed by atoms with Crippen LogP contribution in [0.3, 0.4) is 0 Å². The quantitative estimate of drug-likeness (QED) is 0.440. The van der Waals surface area contributed by atoms with Crippen LogP contribution in [0.1, 0.15) is 22.8 Å². The molecule has 1 amide bonds. The van der Waals surface area contributed by atoms with Crippen LogP contribution < -0.4 is 10.1 Å². The molecule has 1 unspecified atom stereocenters. The molecule has 0 aliphatic carbocycles. The third kappa shape index (κ3) is 5.42. The lowest BCUT2D eigenvalue weighted by Gasteiger charge is -2.14. The molecule has 2 aromatic carbocycles. The zero-order valence-electron chi connectivity index (χ0n) is 14.6. The predicted octanol–water partition coefficient (Wildman–Crippen LogP) is 3.12. The fourth-order valence-corrected chi connectivity index (χ4v) is 2.35. The third-order valence-electron chi connectivity index (χ3n) is 3.66. The largest absolute Gasteiger partial charge is 0.497 e. The van der Waals surface area contributed by atoms with E-state index in [9.17, 15) is 19.7 Å². The number of carbonyl (C=O) groups excluding carboxylic acids is 2. The van der Waals surface area contributed by atoms with Crippen LogP contribution >= 0.6 is 11.6 Å². The number of nitrogens with zero attached hydrogens (tertiary/aromatic N) is 1. The topological polar surface area (TPSA) is 108 Å². The van der Waals surface area contributed by atoms with Crippen molar-refractivity contribution in [2.45, 2.75) is 19.6 Å². The number of hydrogen-bond donors (Lipinski definition) is 1. The number of hydrogen-bond acceptors (Lipinski definition) is 6. The Hall–Kier alpha value is -3.13. The van der Waals surface area contributed by atoms with Crippen LogP contribution in [0.2, 0.25) is 5.02 Å². The number of carbonyl (C=O) groups is 2. The van der Waals surface area contributed by atoms with Gasteiger partial charge in [-0.15, -0.1) is 0 Å². The number of amides is 1. The molecule has 0 aliphatic rings. The van der Waals surface area contributed by atoms with E-state index in [-0.39, 0.29) is 17.1 Å². The van der Waals surface area contributed by atoms with Crippen LogP contribution in [0.5, 0.6) is 5.75 Å². The van der Waals surface area contributed by atoms with E-state index in [0.717, 1.165) is 11.6 Å². The fourth-order valence-electron chi connectivity index (χ4n) is 2.18. The van der Waals surface area contributed by atoms with E-state index in [1.165, 1.54) is 19.1 Å². The molecule has 0 bridgehead atoms. The number of rotatable bonds is 7. The van der Waals surface area contributed by atoms with E-state index < -0.39 is 28.6 Å². The van der Waals surface area contributed by atoms with Crippen LogP contribution in [0.15, 0.2) is 42.5 Å². The minimum Gasteiger partial charge on any atom is -0.497 e. The Morgan fingerprint density at radius 3 is 2.48 bits per heavy atom. The van der Waals surface area contributed by atoms with E-state index in [4.69, 9.17) is 21.1 Å². The number of nitro groups is 1. The lowest BCUT2D eigenvalue weighted by atomic mass is 10.2. The normalized spacial score (nSPS) is 11.4. The number of nitro benzene ring substituents is 1. The van der Waals surface area contributed by atoms with Crippen molar-refractivity contribution in [3.05, 3.63) is 68.7 Å². The molecular weight excluding hydrogens is 376 g/mol. The van der Waals surface area contributed by atoms with Crippen LogP contribution in [0.25, 0.3) is 0 Å². The lowest BCUT2D eigenvalue weighted by Crippen LogP contribution is -2.35. The monoisotopic (exact) mass is 392 g/mol. The minimum atomic E-state index is -1.13. The number of methoxy groups -OCH3 is 1. The van der Waals surface area contributed by atoms with Crippen molar-refractivity contribution in [3.8, 4) is 5.75 Å². The first kappa shape index (κ1) is 20.2. The molecule has 0 saturated heterocycles. The molecule has 9 heteroatoms. The molecule has 1 N–H and O–H groups in total. The highest BCUT2D eigenvalue weighted by atomic mass is 35.5. The molecular formula is C18H17ClN2O6. The van der Waals surface area contributed by atoms with Crippen LogP contribution in [0, 0.1) is 10.1 Å². The summed E-state index contributed by atoms with van der Waals surface area (Å²) in [6.45, 7) is 1.61. The van der Waals surface area contributed by atoms with Gasteiger partial charge in [-0.25, -0.2) is 4.79 Å². The summed E-state index contributed by atoms with van der Waals surface area (Å²) in [6.07, 6.45) is -1.13. The molecule has 142 valence electrons. The molecule has 0 radical (unpaired) electrons. The molecule has 0 fully saturated rings. The summed E-state index contributed by atoms with van der Waals surface area (Å²) in [7, 11) is 1.55. The maximum absolute atomic E-state index is 12.2. The number of halogens is 1. The Morgan fingerprint density at radius 1 is 1.22 bits per heavy atom. The summed E-state index contributed by atoms with van der Waals surface area (Å²) in [5.41, 5.74) is 0.0635. The number of ether oxygens (including phenoxy) is 2. The van der Waals surface area contributed by atoms with E-state index in [2.05, 4.69) is 5.32 Å². The predicted molar refractivity (Wildman–Crippen MR) is 97.8 cm³/mol. The molecule has 0 spiro atoms. The van der Waals surface area contributed by atoms with Crippen LogP contribution in [-0.4, -0.2) is 30.0 Å². The summed E-state index contributed by atoms with van der Waals surface area (Å²) in [4.78, 5) is 34.6. The Morgan fingerprint density at radius 2 is 1.89 bits per heavy atom. The van der Waals surface area contributed by atoms with Crippen molar-refractivity contribution >= 4 is 29.2 Å². The lowest BCUT2D eigenvalue weighted by molar-refractivity contribution is -0.385. The molecule has 0 aliphatic heterocycles. The van der Waals surface area contributed by atoms with Crippen molar-refractivity contribution < 1.29 is 24.0 Å². The molecule has 2 aromatic rings. The van der Waals surface area contributed by atoms with Gasteiger partial charge in [-0.2, -0.15) is 0 Å². The summed E-state index contributed by atoms with van der Waals surface area (Å²) >= 11 is 5.71. The number of benzene rings is 2. The second-order valence-corrected chi connectivity index (χ2v) is 5.97. The molecule has 1 atom stereocenters. The molecule has 2 rings (SSSR count). The molecule has 0 aromatic heterocycles. The van der Waals surface area contributed by atoms with Crippen LogP contribution in [0.4, 0.5) is 5.69 Å². The van der Waals surface area contributed by atoms with Gasteiger partial charge in [0, 0.05) is 17.6 Å². The summed E-state index contributed by atoms with van der Waals surface area (Å²) < 4.78 is 10.1. The number of nitrogens with one attached hydrogen (secondary N) is 1. The fraction of sp³-hybridized carbons (Fsp3) is 0.222.